The summed E-state index contributed by atoms with van der Waals surface area (Å²) in [6.07, 6.45) is 8.85. The summed E-state index contributed by atoms with van der Waals surface area (Å²) < 4.78 is 11.0. The van der Waals surface area contributed by atoms with Gasteiger partial charge in [0.1, 0.15) is 5.60 Å². The monoisotopic (exact) mass is 321 g/mol. The van der Waals surface area contributed by atoms with Crippen molar-refractivity contribution in [1.82, 2.24) is 14.9 Å². The summed E-state index contributed by atoms with van der Waals surface area (Å²) in [5.41, 5.74) is -0.436. The van der Waals surface area contributed by atoms with Gasteiger partial charge in [-0.25, -0.2) is 9.78 Å². The van der Waals surface area contributed by atoms with Gasteiger partial charge in [0.15, 0.2) is 0 Å². The molecule has 1 aliphatic rings. The molecule has 1 amide bonds. The molecule has 0 aliphatic carbocycles. The maximum absolute atomic E-state index is 12.1. The molecule has 6 nitrogen and oxygen atoms in total. The van der Waals surface area contributed by atoms with Gasteiger partial charge in [-0.1, -0.05) is 0 Å². The van der Waals surface area contributed by atoms with Crippen LogP contribution < -0.4 is 4.74 Å². The predicted molar refractivity (Wildman–Crippen MR) is 87.3 cm³/mol. The van der Waals surface area contributed by atoms with Crippen LogP contribution in [-0.4, -0.2) is 46.3 Å². The minimum atomic E-state index is -0.436. The number of likely N-dealkylation sites (tertiary alicyclic amines) is 1. The molecule has 6 heteroatoms. The van der Waals surface area contributed by atoms with Crippen molar-refractivity contribution in [2.75, 3.05) is 19.7 Å². The minimum absolute atomic E-state index is 0.196. The third kappa shape index (κ3) is 6.42. The zero-order valence-electron chi connectivity index (χ0n) is 14.3. The third-order valence-electron chi connectivity index (χ3n) is 3.72. The molecule has 2 heterocycles. The Bertz CT molecular complexity index is 488. The van der Waals surface area contributed by atoms with Crippen molar-refractivity contribution in [3.05, 3.63) is 18.6 Å². The fourth-order valence-electron chi connectivity index (χ4n) is 2.70. The fraction of sp³-hybridized carbons (Fsp3) is 0.706. The number of amides is 1. The first-order valence-electron chi connectivity index (χ1n) is 8.31. The van der Waals surface area contributed by atoms with Gasteiger partial charge in [-0.2, -0.15) is 0 Å². The van der Waals surface area contributed by atoms with E-state index >= 15 is 0 Å². The van der Waals surface area contributed by atoms with Crippen molar-refractivity contribution >= 4 is 6.09 Å². The fourth-order valence-corrected chi connectivity index (χ4v) is 2.70. The topological polar surface area (TPSA) is 64.5 Å². The van der Waals surface area contributed by atoms with Crippen LogP contribution >= 0.6 is 0 Å². The van der Waals surface area contributed by atoms with E-state index in [-0.39, 0.29) is 6.09 Å². The minimum Gasteiger partial charge on any atom is -0.477 e. The molecule has 0 bridgehead atoms. The molecule has 0 unspecified atom stereocenters. The maximum atomic E-state index is 12.1. The molecule has 1 aromatic heterocycles. The Hall–Kier alpha value is -1.85. The van der Waals surface area contributed by atoms with Crippen molar-refractivity contribution in [1.29, 1.82) is 0 Å². The van der Waals surface area contributed by atoms with Crippen LogP contribution in [0.4, 0.5) is 4.79 Å². The molecule has 1 saturated heterocycles. The van der Waals surface area contributed by atoms with Crippen LogP contribution in [0.3, 0.4) is 0 Å². The average Bonchev–Trinajstić information content (AvgIpc) is 2.51. The SMILES string of the molecule is CC(C)(C)OC(=O)N1CCC[C@@H](CCCOc2cnccn2)C1. The zero-order valence-corrected chi connectivity index (χ0v) is 14.3. The largest absolute Gasteiger partial charge is 0.477 e. The van der Waals surface area contributed by atoms with Gasteiger partial charge in [0.2, 0.25) is 5.88 Å². The highest BCUT2D eigenvalue weighted by Gasteiger charge is 2.27. The number of ether oxygens (including phenoxy) is 2. The Kier molecular flexibility index (Phi) is 6.19. The van der Waals surface area contributed by atoms with Crippen LogP contribution in [0, 0.1) is 5.92 Å². The molecule has 1 aromatic rings. The average molecular weight is 321 g/mol. The Labute approximate surface area is 138 Å². The molecule has 1 fully saturated rings. The van der Waals surface area contributed by atoms with Gasteiger partial charge in [0, 0.05) is 25.5 Å². The normalized spacial score (nSPS) is 18.6. The quantitative estimate of drug-likeness (QED) is 0.779. The summed E-state index contributed by atoms with van der Waals surface area (Å²) >= 11 is 0. The molecule has 0 radical (unpaired) electrons. The highest BCUT2D eigenvalue weighted by molar-refractivity contribution is 5.68. The number of carbonyl (C=O) groups excluding carboxylic acids is 1. The predicted octanol–water partition coefficient (Wildman–Crippen LogP) is 3.28. The van der Waals surface area contributed by atoms with Gasteiger partial charge in [0.25, 0.3) is 0 Å². The Morgan fingerprint density at radius 2 is 2.22 bits per heavy atom. The van der Waals surface area contributed by atoms with Gasteiger partial charge in [0.05, 0.1) is 12.8 Å². The summed E-state index contributed by atoms with van der Waals surface area (Å²) in [7, 11) is 0. The standard InChI is InChI=1S/C17H27N3O3/c1-17(2,3)23-16(21)20-10-4-6-14(13-20)7-5-11-22-15-12-18-8-9-19-15/h8-9,12,14H,4-7,10-11,13H2,1-3H3/t14-/m0/s1. The molecule has 1 aliphatic heterocycles. The zero-order chi connectivity index (χ0) is 16.7. The van der Waals surface area contributed by atoms with Gasteiger partial charge < -0.3 is 14.4 Å². The number of hydrogen-bond acceptors (Lipinski definition) is 5. The van der Waals surface area contributed by atoms with E-state index in [0.717, 1.165) is 38.8 Å². The lowest BCUT2D eigenvalue weighted by Gasteiger charge is -2.34. The Balaban J connectivity index is 1.68. The molecule has 0 spiro atoms. The number of hydrogen-bond donors (Lipinski definition) is 0. The summed E-state index contributed by atoms with van der Waals surface area (Å²) in [6, 6.07) is 0. The number of nitrogens with zero attached hydrogens (tertiary/aromatic N) is 3. The lowest BCUT2D eigenvalue weighted by atomic mass is 9.94. The Morgan fingerprint density at radius 3 is 2.91 bits per heavy atom. The first-order valence-corrected chi connectivity index (χ1v) is 8.31. The van der Waals surface area contributed by atoms with Crippen LogP contribution in [0.25, 0.3) is 0 Å². The lowest BCUT2D eigenvalue weighted by molar-refractivity contribution is 0.0159. The lowest BCUT2D eigenvalue weighted by Crippen LogP contribution is -2.42. The molecule has 2 rings (SSSR count). The number of piperidine rings is 1. The van der Waals surface area contributed by atoms with Crippen molar-refractivity contribution in [3.63, 3.8) is 0 Å². The molecular formula is C17H27N3O3. The van der Waals surface area contributed by atoms with Crippen LogP contribution in [0.1, 0.15) is 46.5 Å². The smallest absolute Gasteiger partial charge is 0.410 e. The molecule has 128 valence electrons. The number of carbonyl (C=O) groups is 1. The van der Waals surface area contributed by atoms with Crippen LogP contribution in [0.2, 0.25) is 0 Å². The van der Waals surface area contributed by atoms with E-state index in [1.807, 2.05) is 25.7 Å². The highest BCUT2D eigenvalue weighted by atomic mass is 16.6. The van der Waals surface area contributed by atoms with Gasteiger partial charge >= 0.3 is 6.09 Å². The van der Waals surface area contributed by atoms with Crippen LogP contribution in [0.5, 0.6) is 5.88 Å². The molecule has 0 aromatic carbocycles. The molecule has 1 atom stereocenters. The van der Waals surface area contributed by atoms with E-state index in [2.05, 4.69) is 9.97 Å². The Morgan fingerprint density at radius 1 is 1.39 bits per heavy atom. The summed E-state index contributed by atoms with van der Waals surface area (Å²) in [4.78, 5) is 22.0. The van der Waals surface area contributed by atoms with E-state index in [1.54, 1.807) is 18.6 Å². The molecule has 23 heavy (non-hydrogen) atoms. The van der Waals surface area contributed by atoms with E-state index in [9.17, 15) is 4.79 Å². The van der Waals surface area contributed by atoms with Crippen molar-refractivity contribution < 1.29 is 14.3 Å². The van der Waals surface area contributed by atoms with Gasteiger partial charge in [-0.05, 0) is 52.4 Å². The molecule has 0 N–H and O–H groups in total. The maximum Gasteiger partial charge on any atom is 0.410 e. The third-order valence-corrected chi connectivity index (χ3v) is 3.72. The second-order valence-electron chi connectivity index (χ2n) is 6.97. The highest BCUT2D eigenvalue weighted by Crippen LogP contribution is 2.22. The summed E-state index contributed by atoms with van der Waals surface area (Å²) in [5.74, 6) is 1.08. The first-order chi connectivity index (χ1) is 10.9. The van der Waals surface area contributed by atoms with Crippen molar-refractivity contribution in [2.24, 2.45) is 5.92 Å². The van der Waals surface area contributed by atoms with E-state index in [0.29, 0.717) is 18.4 Å². The van der Waals surface area contributed by atoms with E-state index in [4.69, 9.17) is 9.47 Å². The molecular weight excluding hydrogens is 294 g/mol. The summed E-state index contributed by atoms with van der Waals surface area (Å²) in [6.45, 7) is 7.89. The second-order valence-corrected chi connectivity index (χ2v) is 6.97. The second kappa shape index (κ2) is 8.13. The van der Waals surface area contributed by atoms with Gasteiger partial charge in [-0.15, -0.1) is 0 Å². The van der Waals surface area contributed by atoms with Gasteiger partial charge in [-0.3, -0.25) is 4.98 Å². The van der Waals surface area contributed by atoms with Crippen LogP contribution in [0.15, 0.2) is 18.6 Å². The number of rotatable bonds is 5. The van der Waals surface area contributed by atoms with E-state index < -0.39 is 5.60 Å². The van der Waals surface area contributed by atoms with Crippen molar-refractivity contribution in [3.8, 4) is 5.88 Å². The number of aromatic nitrogens is 2. The van der Waals surface area contributed by atoms with Crippen molar-refractivity contribution in [2.45, 2.75) is 52.1 Å². The molecule has 0 saturated carbocycles. The summed E-state index contributed by atoms with van der Waals surface area (Å²) in [5, 5.41) is 0. The first kappa shape index (κ1) is 17.5. The van der Waals surface area contributed by atoms with E-state index in [1.165, 1.54) is 0 Å². The van der Waals surface area contributed by atoms with Crippen LogP contribution in [-0.2, 0) is 4.74 Å².